The molecule has 3 heteroatoms. The lowest BCUT2D eigenvalue weighted by molar-refractivity contribution is -0.117. The Kier molecular flexibility index (Phi) is 5.27. The summed E-state index contributed by atoms with van der Waals surface area (Å²) in [6.07, 6.45) is 0.905. The molecule has 0 radical (unpaired) electrons. The molecule has 0 atom stereocenters. The van der Waals surface area contributed by atoms with Crippen molar-refractivity contribution in [3.05, 3.63) is 89.0 Å². The molecule has 142 valence electrons. The lowest BCUT2D eigenvalue weighted by Crippen LogP contribution is -2.32. The van der Waals surface area contributed by atoms with Crippen LogP contribution in [0.3, 0.4) is 0 Å². The monoisotopic (exact) mass is 370 g/mol. The van der Waals surface area contributed by atoms with Crippen molar-refractivity contribution in [2.24, 2.45) is 0 Å². The van der Waals surface area contributed by atoms with Gasteiger partial charge in [0.25, 0.3) is 0 Å². The van der Waals surface area contributed by atoms with Gasteiger partial charge in [0.1, 0.15) is 0 Å². The lowest BCUT2D eigenvalue weighted by Gasteiger charge is -2.21. The Labute approximate surface area is 167 Å². The molecule has 28 heavy (non-hydrogen) atoms. The molecule has 0 saturated carbocycles. The maximum atomic E-state index is 12.9. The van der Waals surface area contributed by atoms with Gasteiger partial charge in [-0.1, -0.05) is 73.7 Å². The quantitative estimate of drug-likeness (QED) is 0.686. The zero-order chi connectivity index (χ0) is 19.5. The lowest BCUT2D eigenvalue weighted by atomic mass is 9.97. The molecule has 1 aliphatic heterocycles. The average molecular weight is 370 g/mol. The van der Waals surface area contributed by atoms with Gasteiger partial charge in [0.05, 0.1) is 6.54 Å². The van der Waals surface area contributed by atoms with Crippen LogP contribution in [0.15, 0.2) is 66.7 Å². The standard InChI is InChI=1S/C25H26N2O/c1-3-19-12-8-9-18(2)25(19)26-24(28)17-27-15-20-10-4-6-13-22(20)23-14-7-5-11-21(23)16-27/h4-14H,3,15-17H2,1-2H3,(H,26,28). The van der Waals surface area contributed by atoms with Crippen LogP contribution < -0.4 is 5.32 Å². The van der Waals surface area contributed by atoms with Crippen molar-refractivity contribution in [2.45, 2.75) is 33.4 Å². The van der Waals surface area contributed by atoms with Gasteiger partial charge in [-0.25, -0.2) is 0 Å². The molecule has 3 nitrogen and oxygen atoms in total. The molecule has 0 spiro atoms. The highest BCUT2D eigenvalue weighted by Crippen LogP contribution is 2.32. The van der Waals surface area contributed by atoms with Crippen LogP contribution in [0.4, 0.5) is 5.69 Å². The summed E-state index contributed by atoms with van der Waals surface area (Å²) in [5.41, 5.74) is 8.34. The van der Waals surface area contributed by atoms with Gasteiger partial charge in [-0.3, -0.25) is 9.69 Å². The van der Waals surface area contributed by atoms with Crippen LogP contribution in [0.1, 0.15) is 29.2 Å². The molecule has 1 N–H and O–H groups in total. The minimum Gasteiger partial charge on any atom is -0.324 e. The molecule has 0 aromatic heterocycles. The number of anilines is 1. The normalized spacial score (nSPS) is 13.4. The van der Waals surface area contributed by atoms with E-state index in [4.69, 9.17) is 0 Å². The van der Waals surface area contributed by atoms with Crippen molar-refractivity contribution in [3.8, 4) is 11.1 Å². The topological polar surface area (TPSA) is 32.3 Å². The summed E-state index contributed by atoms with van der Waals surface area (Å²) in [6.45, 7) is 6.08. The molecular formula is C25H26N2O. The maximum Gasteiger partial charge on any atom is 0.238 e. The van der Waals surface area contributed by atoms with Gasteiger partial charge in [-0.15, -0.1) is 0 Å². The first-order valence-corrected chi connectivity index (χ1v) is 9.92. The summed E-state index contributed by atoms with van der Waals surface area (Å²) in [7, 11) is 0. The van der Waals surface area contributed by atoms with Crippen molar-refractivity contribution >= 4 is 11.6 Å². The van der Waals surface area contributed by atoms with Gasteiger partial charge in [0.15, 0.2) is 0 Å². The Balaban J connectivity index is 1.57. The zero-order valence-electron chi connectivity index (χ0n) is 16.5. The smallest absolute Gasteiger partial charge is 0.238 e. The summed E-state index contributed by atoms with van der Waals surface area (Å²) in [6, 6.07) is 23.2. The highest BCUT2D eigenvalue weighted by atomic mass is 16.2. The van der Waals surface area contributed by atoms with Gasteiger partial charge in [0, 0.05) is 18.8 Å². The minimum atomic E-state index is 0.0425. The van der Waals surface area contributed by atoms with E-state index in [1.54, 1.807) is 0 Å². The van der Waals surface area contributed by atoms with E-state index in [9.17, 15) is 4.79 Å². The van der Waals surface area contributed by atoms with Crippen LogP contribution in [-0.2, 0) is 24.3 Å². The van der Waals surface area contributed by atoms with E-state index >= 15 is 0 Å². The third-order valence-corrected chi connectivity index (χ3v) is 5.48. The highest BCUT2D eigenvalue weighted by molar-refractivity contribution is 5.93. The number of benzene rings is 3. The number of para-hydroxylation sites is 1. The van der Waals surface area contributed by atoms with Gasteiger partial charge in [-0.05, 0) is 46.7 Å². The first-order chi connectivity index (χ1) is 13.7. The number of aryl methyl sites for hydroxylation is 2. The van der Waals surface area contributed by atoms with Gasteiger partial charge < -0.3 is 5.32 Å². The van der Waals surface area contributed by atoms with Crippen LogP contribution in [-0.4, -0.2) is 17.4 Å². The average Bonchev–Trinajstić information content (AvgIpc) is 2.85. The predicted molar refractivity (Wildman–Crippen MR) is 115 cm³/mol. The van der Waals surface area contributed by atoms with E-state index in [0.29, 0.717) is 6.54 Å². The molecule has 0 fully saturated rings. The van der Waals surface area contributed by atoms with Crippen molar-refractivity contribution in [3.63, 3.8) is 0 Å². The summed E-state index contributed by atoms with van der Waals surface area (Å²) >= 11 is 0. The van der Waals surface area contributed by atoms with Gasteiger partial charge in [-0.2, -0.15) is 0 Å². The second-order valence-corrected chi connectivity index (χ2v) is 7.47. The third-order valence-electron chi connectivity index (χ3n) is 5.48. The summed E-state index contributed by atoms with van der Waals surface area (Å²) in [4.78, 5) is 15.1. The number of amides is 1. The van der Waals surface area contributed by atoms with Crippen molar-refractivity contribution in [1.29, 1.82) is 0 Å². The maximum absolute atomic E-state index is 12.9. The van der Waals surface area contributed by atoms with Crippen LogP contribution in [0.2, 0.25) is 0 Å². The van der Waals surface area contributed by atoms with E-state index in [-0.39, 0.29) is 5.91 Å². The van der Waals surface area contributed by atoms with Crippen LogP contribution in [0.25, 0.3) is 11.1 Å². The Hall–Kier alpha value is -2.91. The largest absolute Gasteiger partial charge is 0.324 e. The summed E-state index contributed by atoms with van der Waals surface area (Å²) < 4.78 is 0. The van der Waals surface area contributed by atoms with Crippen molar-refractivity contribution < 1.29 is 4.79 Å². The fourth-order valence-corrected chi connectivity index (χ4v) is 4.08. The van der Waals surface area contributed by atoms with E-state index in [2.05, 4.69) is 71.7 Å². The van der Waals surface area contributed by atoms with Crippen molar-refractivity contribution in [2.75, 3.05) is 11.9 Å². The summed E-state index contributed by atoms with van der Waals surface area (Å²) in [5, 5.41) is 3.16. The Bertz CT molecular complexity index is 961. The van der Waals surface area contributed by atoms with Crippen molar-refractivity contribution in [1.82, 2.24) is 4.90 Å². The number of nitrogens with one attached hydrogen (secondary N) is 1. The van der Waals surface area contributed by atoms with Crippen LogP contribution >= 0.6 is 0 Å². The number of carbonyl (C=O) groups is 1. The molecule has 0 bridgehead atoms. The number of hydrogen-bond donors (Lipinski definition) is 1. The number of rotatable bonds is 4. The minimum absolute atomic E-state index is 0.0425. The fourth-order valence-electron chi connectivity index (χ4n) is 4.08. The number of nitrogens with zero attached hydrogens (tertiary/aromatic N) is 1. The summed E-state index contributed by atoms with van der Waals surface area (Å²) in [5.74, 6) is 0.0425. The van der Waals surface area contributed by atoms with Gasteiger partial charge >= 0.3 is 0 Å². The molecule has 1 amide bonds. The second-order valence-electron chi connectivity index (χ2n) is 7.47. The first-order valence-electron chi connectivity index (χ1n) is 9.92. The number of fused-ring (bicyclic) bond motifs is 3. The molecular weight excluding hydrogens is 344 g/mol. The molecule has 0 saturated heterocycles. The van der Waals surface area contributed by atoms with E-state index in [1.165, 1.54) is 27.8 Å². The zero-order valence-corrected chi connectivity index (χ0v) is 16.5. The Morgan fingerprint density at radius 1 is 0.893 bits per heavy atom. The fraction of sp³-hybridized carbons (Fsp3) is 0.240. The molecule has 1 aliphatic rings. The number of hydrogen-bond acceptors (Lipinski definition) is 2. The molecule has 3 aromatic carbocycles. The highest BCUT2D eigenvalue weighted by Gasteiger charge is 2.21. The van der Waals surface area contributed by atoms with Crippen LogP contribution in [0, 0.1) is 6.92 Å². The molecule has 0 unspecified atom stereocenters. The molecule has 1 heterocycles. The van der Waals surface area contributed by atoms with E-state index < -0.39 is 0 Å². The SMILES string of the molecule is CCc1cccc(C)c1NC(=O)CN1Cc2ccccc2-c2ccccc2C1. The van der Waals surface area contributed by atoms with Crippen LogP contribution in [0.5, 0.6) is 0 Å². The Morgan fingerprint density at radius 2 is 1.50 bits per heavy atom. The van der Waals surface area contributed by atoms with E-state index in [1.807, 2.05) is 19.1 Å². The first kappa shape index (κ1) is 18.5. The molecule has 3 aromatic rings. The van der Waals surface area contributed by atoms with E-state index in [0.717, 1.165) is 30.8 Å². The third kappa shape index (κ3) is 3.71. The Morgan fingerprint density at radius 3 is 2.11 bits per heavy atom. The molecule has 4 rings (SSSR count). The molecule has 0 aliphatic carbocycles. The predicted octanol–water partition coefficient (Wildman–Crippen LogP) is 5.18. The van der Waals surface area contributed by atoms with Gasteiger partial charge in [0.2, 0.25) is 5.91 Å². The number of carbonyl (C=O) groups excluding carboxylic acids is 1. The second kappa shape index (κ2) is 7.99.